The summed E-state index contributed by atoms with van der Waals surface area (Å²) in [6.07, 6.45) is 4.72. The van der Waals surface area contributed by atoms with Crippen molar-refractivity contribution in [3.8, 4) is 0 Å². The number of cyclic esters (lactones) is 1. The van der Waals surface area contributed by atoms with Gasteiger partial charge in [0.15, 0.2) is 12.1 Å². The normalized spacial score (nSPS) is 35.4. The standard InChI is InChI=1S/C44H70N2O10S.CH4/c1-10-39-35(27-53-57(51,52)36-17-14-28(2)15-18-36)24-29(3)16-19-37(47)30(4)25-34(20-23-46-21-12-11-13-22-46)43(32(6)38(48)26-40(49)55-39)56-44-42(50)41(45(8)9)31(5)33(7)54-44;/h14-19,24,30-35,38-39,41-44,48,50H,10-13,20-23,25-27H2,1-9H3;1H4/b19-16+,29-24+;. The second-order valence-corrected chi connectivity index (χ2v) is 18.7. The van der Waals surface area contributed by atoms with Crippen LogP contribution in [0, 0.1) is 36.5 Å². The summed E-state index contributed by atoms with van der Waals surface area (Å²) in [6.45, 7) is 15.7. The molecule has 12 unspecified atom stereocenters. The summed E-state index contributed by atoms with van der Waals surface area (Å²) in [5.74, 6) is -2.66. The summed E-state index contributed by atoms with van der Waals surface area (Å²) in [5, 5.41) is 23.5. The Labute approximate surface area is 349 Å². The first-order valence-electron chi connectivity index (χ1n) is 21.0. The number of ether oxygens (including phenoxy) is 3. The lowest BCUT2D eigenvalue weighted by Crippen LogP contribution is -2.60. The molecule has 13 heteroatoms. The summed E-state index contributed by atoms with van der Waals surface area (Å²) >= 11 is 0. The van der Waals surface area contributed by atoms with E-state index in [1.54, 1.807) is 30.4 Å². The van der Waals surface area contributed by atoms with E-state index in [1.165, 1.54) is 18.6 Å². The van der Waals surface area contributed by atoms with E-state index in [9.17, 15) is 28.2 Å². The Hall–Kier alpha value is -2.49. The number of allylic oxidation sites excluding steroid dienone is 3. The number of nitrogens with zero attached hydrogens (tertiary/aromatic N) is 2. The van der Waals surface area contributed by atoms with Crippen LogP contribution >= 0.6 is 0 Å². The van der Waals surface area contributed by atoms with Crippen LogP contribution in [-0.4, -0.2) is 123 Å². The van der Waals surface area contributed by atoms with Crippen LogP contribution in [0.25, 0.3) is 0 Å². The van der Waals surface area contributed by atoms with Gasteiger partial charge in [0.05, 0.1) is 36.2 Å². The molecule has 0 aromatic heterocycles. The van der Waals surface area contributed by atoms with Gasteiger partial charge in [-0.1, -0.05) is 77.0 Å². The number of rotatable bonds is 11. The highest BCUT2D eigenvalue weighted by Gasteiger charge is 2.46. The predicted octanol–water partition coefficient (Wildman–Crippen LogP) is 6.32. The molecule has 1 aromatic rings. The third-order valence-corrected chi connectivity index (χ3v) is 13.7. The molecule has 3 heterocycles. The van der Waals surface area contributed by atoms with Gasteiger partial charge in [-0.25, -0.2) is 0 Å². The van der Waals surface area contributed by atoms with Crippen LogP contribution in [0.2, 0.25) is 0 Å². The number of aryl methyl sites for hydroxylation is 1. The number of hydrogen-bond acceptors (Lipinski definition) is 12. The van der Waals surface area contributed by atoms with Crippen LogP contribution in [0.5, 0.6) is 0 Å². The Morgan fingerprint density at radius 2 is 1.60 bits per heavy atom. The van der Waals surface area contributed by atoms with Crippen molar-refractivity contribution in [3.63, 3.8) is 0 Å². The quantitative estimate of drug-likeness (QED) is 0.190. The van der Waals surface area contributed by atoms with E-state index in [4.69, 9.17) is 18.4 Å². The Kier molecular flexibility index (Phi) is 19.7. The third-order valence-electron chi connectivity index (χ3n) is 12.4. The van der Waals surface area contributed by atoms with E-state index < -0.39 is 64.5 Å². The summed E-state index contributed by atoms with van der Waals surface area (Å²) in [5.41, 5.74) is 1.58. The van der Waals surface area contributed by atoms with Crippen LogP contribution < -0.4 is 0 Å². The van der Waals surface area contributed by atoms with Gasteiger partial charge >= 0.3 is 5.97 Å². The summed E-state index contributed by atoms with van der Waals surface area (Å²) in [4.78, 5) is 32.0. The molecule has 0 bridgehead atoms. The number of likely N-dealkylation sites (tertiary alicyclic amines) is 1. The van der Waals surface area contributed by atoms with Gasteiger partial charge in [0.2, 0.25) is 0 Å². The van der Waals surface area contributed by atoms with Crippen LogP contribution in [0.1, 0.15) is 99.5 Å². The van der Waals surface area contributed by atoms with Crippen molar-refractivity contribution in [2.45, 2.75) is 149 Å². The van der Waals surface area contributed by atoms with Crippen molar-refractivity contribution in [1.82, 2.24) is 9.80 Å². The maximum atomic E-state index is 13.8. The molecule has 1 aromatic carbocycles. The highest BCUT2D eigenvalue weighted by atomic mass is 32.2. The number of piperidine rings is 1. The first-order chi connectivity index (χ1) is 26.9. The van der Waals surface area contributed by atoms with Gasteiger partial charge in [0.25, 0.3) is 10.1 Å². The molecule has 0 radical (unpaired) electrons. The molecule has 58 heavy (non-hydrogen) atoms. The fraction of sp³-hybridized carbons (Fsp3) is 0.733. The zero-order chi connectivity index (χ0) is 42.0. The highest BCUT2D eigenvalue weighted by Crippen LogP contribution is 2.36. The molecule has 0 saturated carbocycles. The molecule has 12 atom stereocenters. The lowest BCUT2D eigenvalue weighted by Gasteiger charge is -2.47. The molecule has 12 nitrogen and oxygen atoms in total. The number of aliphatic hydroxyl groups is 2. The number of benzene rings is 1. The smallest absolute Gasteiger partial charge is 0.308 e. The number of esters is 1. The molecule has 3 aliphatic rings. The topological polar surface area (TPSA) is 152 Å². The van der Waals surface area contributed by atoms with Crippen LogP contribution in [-0.2, 0) is 38.1 Å². The lowest BCUT2D eigenvalue weighted by atomic mass is 9.79. The maximum Gasteiger partial charge on any atom is 0.308 e. The van der Waals surface area contributed by atoms with E-state index in [2.05, 4.69) is 4.90 Å². The number of aliphatic hydroxyl groups excluding tert-OH is 2. The molecule has 0 aliphatic carbocycles. The number of ketones is 1. The molecule has 0 spiro atoms. The second kappa shape index (κ2) is 22.9. The SMILES string of the molecule is C.CCC1OC(=O)CC(O)C(C)C(OC2OC(C)C(C)C(N(C)C)C2O)C(CCN2CCCCC2)CC(C)C(=O)/C=C/C(C)=C/C1COS(=O)(=O)c1ccc(C)cc1. The van der Waals surface area contributed by atoms with Crippen molar-refractivity contribution in [2.75, 3.05) is 40.3 Å². The minimum Gasteiger partial charge on any atom is -0.462 e. The van der Waals surface area contributed by atoms with Gasteiger partial charge in [-0.05, 0) is 111 Å². The average molecular weight is 835 g/mol. The second-order valence-electron chi connectivity index (χ2n) is 17.1. The minimum absolute atomic E-state index is 0. The monoisotopic (exact) mass is 835 g/mol. The van der Waals surface area contributed by atoms with E-state index in [1.807, 2.05) is 67.5 Å². The van der Waals surface area contributed by atoms with E-state index in [-0.39, 0.29) is 55.1 Å². The fourth-order valence-electron chi connectivity index (χ4n) is 8.63. The maximum absolute atomic E-state index is 13.8. The first kappa shape index (κ1) is 49.9. The summed E-state index contributed by atoms with van der Waals surface area (Å²) < 4.78 is 51.1. The Balaban J connectivity index is 0.00000900. The molecule has 2 saturated heterocycles. The average Bonchev–Trinajstić information content (AvgIpc) is 3.17. The highest BCUT2D eigenvalue weighted by molar-refractivity contribution is 7.86. The van der Waals surface area contributed by atoms with Crippen molar-refractivity contribution < 1.29 is 46.6 Å². The summed E-state index contributed by atoms with van der Waals surface area (Å²) in [6, 6.07) is 6.10. The molecule has 2 N–H and O–H groups in total. The minimum atomic E-state index is -4.13. The van der Waals surface area contributed by atoms with E-state index in [0.29, 0.717) is 24.8 Å². The predicted molar refractivity (Wildman–Crippen MR) is 226 cm³/mol. The number of carbonyl (C=O) groups is 2. The van der Waals surface area contributed by atoms with Crippen molar-refractivity contribution in [2.24, 2.45) is 29.6 Å². The van der Waals surface area contributed by atoms with Gasteiger partial charge in [-0.15, -0.1) is 0 Å². The molecular weight excluding hydrogens is 761 g/mol. The van der Waals surface area contributed by atoms with E-state index in [0.717, 1.165) is 38.0 Å². The molecule has 0 amide bonds. The Morgan fingerprint density at radius 3 is 2.22 bits per heavy atom. The molecule has 2 fully saturated rings. The van der Waals surface area contributed by atoms with Gasteiger partial charge in [0, 0.05) is 29.7 Å². The third kappa shape index (κ3) is 13.8. The van der Waals surface area contributed by atoms with Gasteiger partial charge < -0.3 is 34.2 Å². The summed E-state index contributed by atoms with van der Waals surface area (Å²) in [7, 11) is -0.280. The van der Waals surface area contributed by atoms with E-state index >= 15 is 0 Å². The van der Waals surface area contributed by atoms with Crippen molar-refractivity contribution >= 4 is 21.9 Å². The molecule has 4 rings (SSSR count). The van der Waals surface area contributed by atoms with Crippen molar-refractivity contribution in [3.05, 3.63) is 53.6 Å². The largest absolute Gasteiger partial charge is 0.462 e. The fourth-order valence-corrected chi connectivity index (χ4v) is 9.57. The Bertz CT molecular complexity index is 1610. The van der Waals surface area contributed by atoms with Crippen LogP contribution in [0.3, 0.4) is 0 Å². The van der Waals surface area contributed by atoms with Gasteiger partial charge in [-0.3, -0.25) is 13.8 Å². The zero-order valence-corrected chi connectivity index (χ0v) is 36.5. The number of likely N-dealkylation sites (N-methyl/N-ethyl adjacent to an activating group) is 1. The van der Waals surface area contributed by atoms with Crippen LogP contribution in [0.4, 0.5) is 0 Å². The number of hydrogen-bond donors (Lipinski definition) is 2. The number of carbonyl (C=O) groups excluding carboxylic acids is 2. The zero-order valence-electron chi connectivity index (χ0n) is 35.7. The molecule has 3 aliphatic heterocycles. The van der Waals surface area contributed by atoms with Gasteiger partial charge in [0.1, 0.15) is 12.2 Å². The van der Waals surface area contributed by atoms with Crippen molar-refractivity contribution in [1.29, 1.82) is 0 Å². The van der Waals surface area contributed by atoms with Gasteiger partial charge in [-0.2, -0.15) is 8.42 Å². The Morgan fingerprint density at radius 1 is 0.948 bits per heavy atom. The lowest BCUT2D eigenvalue weighted by molar-refractivity contribution is -0.295. The molecular formula is C45H74N2O10S. The van der Waals surface area contributed by atoms with Crippen LogP contribution in [0.15, 0.2) is 53.0 Å². The molecule has 330 valence electrons. The first-order valence-corrected chi connectivity index (χ1v) is 22.4.